The highest BCUT2D eigenvalue weighted by atomic mass is 32.2. The third-order valence-electron chi connectivity index (χ3n) is 4.89. The highest BCUT2D eigenvalue weighted by Gasteiger charge is 2.42. The summed E-state index contributed by atoms with van der Waals surface area (Å²) in [6.07, 6.45) is 0. The SMILES string of the molecule is CC(C)(C)OC(=O)C1CSC(c2ccc(F)cc2)N1CC(=O)NC(=O)Nc1cccc(C(=O)O)c1. The molecule has 0 bridgehead atoms. The molecule has 0 aliphatic carbocycles. The van der Waals surface area contributed by atoms with Crippen LogP contribution in [0.1, 0.15) is 42.1 Å². The number of carboxylic acid groups (broad SMARTS) is 1. The summed E-state index contributed by atoms with van der Waals surface area (Å²) >= 11 is 1.41. The standard InChI is InChI=1S/C24H26FN3O6S/c1-24(2,3)34-22(32)18-13-35-20(14-7-9-16(25)10-8-14)28(18)12-19(29)27-23(33)26-17-6-4-5-15(11-17)21(30)31/h4-11,18,20H,12-13H2,1-3H3,(H,30,31)(H2,26,27,29,33). The molecule has 11 heteroatoms. The molecule has 1 saturated heterocycles. The van der Waals surface area contributed by atoms with Crippen molar-refractivity contribution in [2.45, 2.75) is 37.8 Å². The van der Waals surface area contributed by atoms with Gasteiger partial charge in [-0.1, -0.05) is 18.2 Å². The number of carboxylic acids is 1. The molecule has 3 N–H and O–H groups in total. The van der Waals surface area contributed by atoms with E-state index in [-0.39, 0.29) is 17.8 Å². The lowest BCUT2D eigenvalue weighted by atomic mass is 10.1. The predicted molar refractivity (Wildman–Crippen MR) is 129 cm³/mol. The quantitative estimate of drug-likeness (QED) is 0.511. The fourth-order valence-electron chi connectivity index (χ4n) is 3.44. The number of nitrogens with zero attached hydrogens (tertiary/aromatic N) is 1. The van der Waals surface area contributed by atoms with Gasteiger partial charge in [0.1, 0.15) is 17.5 Å². The Balaban J connectivity index is 1.72. The first-order valence-corrected chi connectivity index (χ1v) is 11.8. The van der Waals surface area contributed by atoms with E-state index in [1.807, 2.05) is 0 Å². The van der Waals surface area contributed by atoms with Crippen LogP contribution in [0.2, 0.25) is 0 Å². The molecule has 2 aromatic carbocycles. The summed E-state index contributed by atoms with van der Waals surface area (Å²) in [5.74, 6) is -2.40. The van der Waals surface area contributed by atoms with E-state index in [1.165, 1.54) is 48.2 Å². The molecule has 0 radical (unpaired) electrons. The summed E-state index contributed by atoms with van der Waals surface area (Å²) < 4.78 is 18.9. The van der Waals surface area contributed by atoms with E-state index in [1.54, 1.807) is 37.8 Å². The van der Waals surface area contributed by atoms with Gasteiger partial charge >= 0.3 is 18.0 Å². The number of amides is 3. The predicted octanol–water partition coefficient (Wildman–Crippen LogP) is 3.63. The van der Waals surface area contributed by atoms with Gasteiger partial charge in [-0.2, -0.15) is 0 Å². The number of thioether (sulfide) groups is 1. The second kappa shape index (κ2) is 10.9. The molecule has 1 fully saturated rings. The summed E-state index contributed by atoms with van der Waals surface area (Å²) in [5, 5.41) is 13.2. The summed E-state index contributed by atoms with van der Waals surface area (Å²) in [4.78, 5) is 50.6. The van der Waals surface area contributed by atoms with E-state index in [2.05, 4.69) is 10.6 Å². The van der Waals surface area contributed by atoms with Crippen LogP contribution < -0.4 is 10.6 Å². The minimum atomic E-state index is -1.16. The molecule has 35 heavy (non-hydrogen) atoms. The third-order valence-corrected chi connectivity index (χ3v) is 6.26. The topological polar surface area (TPSA) is 125 Å². The van der Waals surface area contributed by atoms with Gasteiger partial charge in [0.15, 0.2) is 0 Å². The molecule has 1 aliphatic rings. The zero-order valence-corrected chi connectivity index (χ0v) is 20.2. The zero-order chi connectivity index (χ0) is 25.8. The maximum Gasteiger partial charge on any atom is 0.335 e. The number of aromatic carboxylic acids is 1. The number of halogens is 1. The summed E-state index contributed by atoms with van der Waals surface area (Å²) in [6.45, 7) is 4.92. The molecule has 1 heterocycles. The van der Waals surface area contributed by atoms with Crippen LogP contribution in [0.15, 0.2) is 48.5 Å². The van der Waals surface area contributed by atoms with Crippen LogP contribution in [0.5, 0.6) is 0 Å². The molecule has 2 unspecified atom stereocenters. The Bertz CT molecular complexity index is 1120. The largest absolute Gasteiger partial charge is 0.478 e. The summed E-state index contributed by atoms with van der Waals surface area (Å²) in [7, 11) is 0. The van der Waals surface area contributed by atoms with E-state index in [0.717, 1.165) is 0 Å². The van der Waals surface area contributed by atoms with Gasteiger partial charge in [-0.05, 0) is 56.7 Å². The number of anilines is 1. The van der Waals surface area contributed by atoms with Crippen molar-refractivity contribution in [3.8, 4) is 0 Å². The lowest BCUT2D eigenvalue weighted by Crippen LogP contribution is -2.48. The van der Waals surface area contributed by atoms with Gasteiger partial charge in [-0.3, -0.25) is 19.8 Å². The molecule has 3 amide bonds. The molecule has 186 valence electrons. The number of nitrogens with one attached hydrogen (secondary N) is 2. The average Bonchev–Trinajstić information content (AvgIpc) is 3.16. The van der Waals surface area contributed by atoms with Crippen LogP contribution in [0, 0.1) is 5.82 Å². The van der Waals surface area contributed by atoms with Crippen LogP contribution in [0.4, 0.5) is 14.9 Å². The highest BCUT2D eigenvalue weighted by molar-refractivity contribution is 7.99. The second-order valence-electron chi connectivity index (χ2n) is 8.85. The maximum atomic E-state index is 13.4. The van der Waals surface area contributed by atoms with Gasteiger partial charge in [-0.25, -0.2) is 14.0 Å². The molecular weight excluding hydrogens is 477 g/mol. The summed E-state index contributed by atoms with van der Waals surface area (Å²) in [5.41, 5.74) is 0.145. The number of imide groups is 1. The maximum absolute atomic E-state index is 13.4. The monoisotopic (exact) mass is 503 g/mol. The first-order chi connectivity index (χ1) is 16.4. The van der Waals surface area contributed by atoms with E-state index in [0.29, 0.717) is 11.3 Å². The number of ether oxygens (including phenoxy) is 1. The number of esters is 1. The molecule has 0 saturated carbocycles. The zero-order valence-electron chi connectivity index (χ0n) is 19.4. The van der Waals surface area contributed by atoms with Crippen molar-refractivity contribution in [3.63, 3.8) is 0 Å². The number of rotatable bonds is 6. The number of urea groups is 1. The average molecular weight is 504 g/mol. The second-order valence-corrected chi connectivity index (χ2v) is 9.96. The smallest absolute Gasteiger partial charge is 0.335 e. The Labute approximate surface area is 206 Å². The molecule has 0 spiro atoms. The Morgan fingerprint density at radius 3 is 2.46 bits per heavy atom. The minimum Gasteiger partial charge on any atom is -0.478 e. The number of hydrogen-bond donors (Lipinski definition) is 3. The fourth-order valence-corrected chi connectivity index (χ4v) is 4.90. The lowest BCUT2D eigenvalue weighted by Gasteiger charge is -2.29. The molecule has 3 rings (SSSR count). The van der Waals surface area contributed by atoms with Gasteiger partial charge in [0.05, 0.1) is 17.5 Å². The van der Waals surface area contributed by atoms with Crippen LogP contribution in [0.25, 0.3) is 0 Å². The van der Waals surface area contributed by atoms with E-state index >= 15 is 0 Å². The number of carbonyl (C=O) groups is 4. The van der Waals surface area contributed by atoms with Crippen LogP contribution in [-0.4, -0.2) is 57.8 Å². The van der Waals surface area contributed by atoms with Crippen molar-refractivity contribution >= 4 is 41.3 Å². The molecule has 9 nitrogen and oxygen atoms in total. The van der Waals surface area contributed by atoms with Crippen LogP contribution in [-0.2, 0) is 14.3 Å². The van der Waals surface area contributed by atoms with Crippen molar-refractivity contribution in [3.05, 3.63) is 65.5 Å². The van der Waals surface area contributed by atoms with Crippen molar-refractivity contribution in [2.24, 2.45) is 0 Å². The van der Waals surface area contributed by atoms with Gasteiger partial charge in [0.2, 0.25) is 5.91 Å². The van der Waals surface area contributed by atoms with E-state index < -0.39 is 46.7 Å². The molecular formula is C24H26FN3O6S. The van der Waals surface area contributed by atoms with Crippen LogP contribution >= 0.6 is 11.8 Å². The first-order valence-electron chi connectivity index (χ1n) is 10.7. The van der Waals surface area contributed by atoms with Crippen molar-refractivity contribution in [1.82, 2.24) is 10.2 Å². The minimum absolute atomic E-state index is 0.0226. The van der Waals surface area contributed by atoms with Gasteiger partial charge in [0, 0.05) is 11.4 Å². The first kappa shape index (κ1) is 26.2. The molecule has 2 aromatic rings. The number of hydrogen-bond acceptors (Lipinski definition) is 7. The number of carbonyl (C=O) groups excluding carboxylic acids is 3. The highest BCUT2D eigenvalue weighted by Crippen LogP contribution is 2.41. The van der Waals surface area contributed by atoms with E-state index in [4.69, 9.17) is 9.84 Å². The molecule has 1 aliphatic heterocycles. The Morgan fingerprint density at radius 1 is 1.14 bits per heavy atom. The van der Waals surface area contributed by atoms with Gasteiger partial charge in [-0.15, -0.1) is 11.8 Å². The van der Waals surface area contributed by atoms with Crippen molar-refractivity contribution < 1.29 is 33.4 Å². The Hall–Kier alpha value is -3.44. The third kappa shape index (κ3) is 7.27. The lowest BCUT2D eigenvalue weighted by molar-refractivity contribution is -0.160. The van der Waals surface area contributed by atoms with E-state index in [9.17, 15) is 23.6 Å². The normalized spacial score (nSPS) is 18.1. The number of benzene rings is 2. The summed E-state index contributed by atoms with van der Waals surface area (Å²) in [6, 6.07) is 9.72. The Morgan fingerprint density at radius 2 is 1.83 bits per heavy atom. The van der Waals surface area contributed by atoms with Gasteiger partial charge < -0.3 is 15.2 Å². The van der Waals surface area contributed by atoms with Crippen molar-refractivity contribution in [1.29, 1.82) is 0 Å². The Kier molecular flexibility index (Phi) is 8.13. The molecule has 0 aromatic heterocycles. The van der Waals surface area contributed by atoms with Gasteiger partial charge in [0.25, 0.3) is 0 Å². The van der Waals surface area contributed by atoms with Crippen LogP contribution in [0.3, 0.4) is 0 Å². The van der Waals surface area contributed by atoms with Crippen molar-refractivity contribution in [2.75, 3.05) is 17.6 Å². The fraction of sp³-hybridized carbons (Fsp3) is 0.333. The molecule has 2 atom stereocenters.